The number of halogens is 1. The smallest absolute Gasteiger partial charge is 0.354 e. The number of hydrogen-bond donors (Lipinski definition) is 1. The molecule has 0 spiro atoms. The summed E-state index contributed by atoms with van der Waals surface area (Å²) in [5, 5.41) is 12.0. The van der Waals surface area contributed by atoms with Crippen LogP contribution in [0.3, 0.4) is 0 Å². The number of benzene rings is 1. The number of methoxy groups -OCH3 is 1. The highest BCUT2D eigenvalue weighted by molar-refractivity contribution is 6.32. The molecule has 0 fully saturated rings. The van der Waals surface area contributed by atoms with Gasteiger partial charge in [0.05, 0.1) is 12.0 Å². The van der Waals surface area contributed by atoms with Crippen molar-refractivity contribution in [1.29, 1.82) is 0 Å². The number of aromatic nitrogens is 2. The number of carbonyl (C=O) groups is 1. The van der Waals surface area contributed by atoms with Crippen molar-refractivity contribution < 1.29 is 14.5 Å². The van der Waals surface area contributed by atoms with E-state index in [-0.39, 0.29) is 5.69 Å². The summed E-state index contributed by atoms with van der Waals surface area (Å²) in [5.41, 5.74) is 2.12. The number of ether oxygens (including phenoxy) is 1. The maximum Gasteiger partial charge on any atom is 0.354 e. The van der Waals surface area contributed by atoms with E-state index < -0.39 is 10.9 Å². The predicted molar refractivity (Wildman–Crippen MR) is 94.5 cm³/mol. The summed E-state index contributed by atoms with van der Waals surface area (Å²) in [7, 11) is 1.30. The fraction of sp³-hybridized carbons (Fsp3) is 0.0588. The van der Waals surface area contributed by atoms with Crippen LogP contribution in [0.2, 0.25) is 5.02 Å². The third-order valence-electron chi connectivity index (χ3n) is 3.54. The summed E-state index contributed by atoms with van der Waals surface area (Å²) in [6.07, 6.45) is 5.02. The number of nitro groups is 1. The Kier molecular flexibility index (Phi) is 4.49. The van der Waals surface area contributed by atoms with Crippen LogP contribution in [0.5, 0.6) is 0 Å². The summed E-state index contributed by atoms with van der Waals surface area (Å²) in [6, 6.07) is 7.70. The molecule has 0 aliphatic carbocycles. The molecular weight excluding hydrogens is 346 g/mol. The minimum atomic E-state index is -0.477. The lowest BCUT2D eigenvalue weighted by atomic mass is 10.1. The molecule has 3 rings (SSSR count). The Morgan fingerprint density at radius 2 is 2.12 bits per heavy atom. The normalized spacial score (nSPS) is 11.1. The summed E-state index contributed by atoms with van der Waals surface area (Å²) < 4.78 is 4.66. The number of nitro benzene ring substituents is 1. The molecule has 126 valence electrons. The number of H-pyrrole nitrogens is 1. The molecule has 0 aliphatic rings. The Balaban J connectivity index is 1.92. The zero-order valence-electron chi connectivity index (χ0n) is 13.0. The van der Waals surface area contributed by atoms with Gasteiger partial charge in [-0.05, 0) is 29.3 Å². The number of nitrogens with one attached hydrogen (secondary N) is 1. The quantitative estimate of drug-likeness (QED) is 0.431. The van der Waals surface area contributed by atoms with Crippen molar-refractivity contribution >= 4 is 46.4 Å². The molecule has 0 unspecified atom stereocenters. The molecule has 0 saturated carbocycles. The summed E-state index contributed by atoms with van der Waals surface area (Å²) >= 11 is 6.07. The molecule has 1 aromatic carbocycles. The van der Waals surface area contributed by atoms with E-state index in [0.29, 0.717) is 21.9 Å². The van der Waals surface area contributed by atoms with E-state index in [9.17, 15) is 14.9 Å². The van der Waals surface area contributed by atoms with Crippen molar-refractivity contribution in [2.75, 3.05) is 7.11 Å². The van der Waals surface area contributed by atoms with Crippen LogP contribution in [0, 0.1) is 10.1 Å². The highest BCUT2D eigenvalue weighted by Gasteiger charge is 2.10. The molecule has 7 nitrogen and oxygen atoms in total. The lowest BCUT2D eigenvalue weighted by Gasteiger charge is -1.99. The van der Waals surface area contributed by atoms with Crippen LogP contribution < -0.4 is 0 Å². The molecule has 25 heavy (non-hydrogen) atoms. The highest BCUT2D eigenvalue weighted by Crippen LogP contribution is 2.24. The van der Waals surface area contributed by atoms with Gasteiger partial charge in [-0.3, -0.25) is 10.1 Å². The second-order valence-electron chi connectivity index (χ2n) is 5.18. The Labute approximate surface area is 147 Å². The van der Waals surface area contributed by atoms with E-state index in [1.54, 1.807) is 24.4 Å². The maximum absolute atomic E-state index is 11.5. The number of aromatic amines is 1. The number of carbonyl (C=O) groups excluding carboxylic acids is 1. The molecule has 0 atom stereocenters. The van der Waals surface area contributed by atoms with Gasteiger partial charge >= 0.3 is 5.97 Å². The monoisotopic (exact) mass is 357 g/mol. The number of nitrogens with zero attached hydrogens (tertiary/aromatic N) is 2. The Hall–Kier alpha value is -3.19. The molecule has 8 heteroatoms. The van der Waals surface area contributed by atoms with E-state index >= 15 is 0 Å². The molecule has 0 radical (unpaired) electrons. The number of hydrogen-bond acceptors (Lipinski definition) is 5. The number of fused-ring (bicyclic) bond motifs is 1. The molecule has 0 saturated heterocycles. The van der Waals surface area contributed by atoms with Crippen molar-refractivity contribution in [2.45, 2.75) is 0 Å². The molecule has 0 amide bonds. The zero-order valence-corrected chi connectivity index (χ0v) is 13.8. The second kappa shape index (κ2) is 6.74. The zero-order chi connectivity index (χ0) is 18.0. The number of esters is 1. The van der Waals surface area contributed by atoms with Crippen LogP contribution >= 0.6 is 11.6 Å². The lowest BCUT2D eigenvalue weighted by molar-refractivity contribution is -0.384. The largest absolute Gasteiger partial charge is 0.464 e. The van der Waals surface area contributed by atoms with Gasteiger partial charge in [-0.25, -0.2) is 9.78 Å². The SMILES string of the molecule is COC(=O)c1cc2cc(/C=C/c3cc([N+](=O)[O-])ccc3Cl)cnc2[nH]1. The Morgan fingerprint density at radius 3 is 2.84 bits per heavy atom. The van der Waals surface area contributed by atoms with Gasteiger partial charge in [-0.2, -0.15) is 0 Å². The molecule has 1 N–H and O–H groups in total. The molecule has 0 aliphatic heterocycles. The molecule has 2 heterocycles. The molecule has 0 bridgehead atoms. The van der Waals surface area contributed by atoms with Gasteiger partial charge in [-0.15, -0.1) is 0 Å². The number of non-ortho nitro benzene ring substituents is 1. The van der Waals surface area contributed by atoms with Crippen LogP contribution in [0.1, 0.15) is 21.6 Å². The highest BCUT2D eigenvalue weighted by atomic mass is 35.5. The summed E-state index contributed by atoms with van der Waals surface area (Å²) in [5.74, 6) is -0.474. The fourth-order valence-corrected chi connectivity index (χ4v) is 2.48. The summed E-state index contributed by atoms with van der Waals surface area (Å²) in [4.78, 5) is 29.0. The average Bonchev–Trinajstić information content (AvgIpc) is 3.03. The van der Waals surface area contributed by atoms with Crippen molar-refractivity contribution in [2.24, 2.45) is 0 Å². The van der Waals surface area contributed by atoms with E-state index in [2.05, 4.69) is 14.7 Å². The van der Waals surface area contributed by atoms with Crippen LogP contribution in [-0.2, 0) is 4.74 Å². The number of rotatable bonds is 4. The number of pyridine rings is 1. The van der Waals surface area contributed by atoms with E-state index in [0.717, 1.165) is 10.9 Å². The topological polar surface area (TPSA) is 98.1 Å². The van der Waals surface area contributed by atoms with Gasteiger partial charge in [0, 0.05) is 28.7 Å². The van der Waals surface area contributed by atoms with Gasteiger partial charge in [-0.1, -0.05) is 23.8 Å². The predicted octanol–water partition coefficient (Wildman–Crippen LogP) is 4.08. The molecule has 2 aromatic heterocycles. The van der Waals surface area contributed by atoms with Gasteiger partial charge in [0.25, 0.3) is 5.69 Å². The third-order valence-corrected chi connectivity index (χ3v) is 3.89. The first kappa shape index (κ1) is 16.7. The molecule has 3 aromatic rings. The van der Waals surface area contributed by atoms with Gasteiger partial charge in [0.2, 0.25) is 0 Å². The van der Waals surface area contributed by atoms with E-state index in [1.807, 2.05) is 6.07 Å². The van der Waals surface area contributed by atoms with Crippen LogP contribution in [0.4, 0.5) is 5.69 Å². The van der Waals surface area contributed by atoms with Gasteiger partial charge < -0.3 is 9.72 Å². The van der Waals surface area contributed by atoms with Crippen molar-refractivity contribution in [3.63, 3.8) is 0 Å². The van der Waals surface area contributed by atoms with Crippen LogP contribution in [0.25, 0.3) is 23.2 Å². The lowest BCUT2D eigenvalue weighted by Crippen LogP contribution is -2.00. The van der Waals surface area contributed by atoms with E-state index in [4.69, 9.17) is 11.6 Å². The van der Waals surface area contributed by atoms with Crippen molar-refractivity contribution in [3.05, 3.63) is 68.5 Å². The standard InChI is InChI=1S/C17H12ClN3O4/c1-25-17(22)15-8-12-6-10(9-19-16(12)20-15)2-3-11-7-13(21(23)24)4-5-14(11)18/h2-9H,1H3,(H,19,20)/b3-2+. The van der Waals surface area contributed by atoms with Crippen LogP contribution in [-0.4, -0.2) is 28.0 Å². The van der Waals surface area contributed by atoms with Crippen LogP contribution in [0.15, 0.2) is 36.5 Å². The van der Waals surface area contributed by atoms with Gasteiger partial charge in [0.15, 0.2) is 0 Å². The van der Waals surface area contributed by atoms with E-state index in [1.165, 1.54) is 25.3 Å². The van der Waals surface area contributed by atoms with Crippen molar-refractivity contribution in [3.8, 4) is 0 Å². The van der Waals surface area contributed by atoms with Gasteiger partial charge in [0.1, 0.15) is 11.3 Å². The summed E-state index contributed by atoms with van der Waals surface area (Å²) in [6.45, 7) is 0. The first-order valence-corrected chi connectivity index (χ1v) is 7.55. The molecular formula is C17H12ClN3O4. The minimum Gasteiger partial charge on any atom is -0.464 e. The first-order valence-electron chi connectivity index (χ1n) is 7.17. The Morgan fingerprint density at radius 1 is 1.32 bits per heavy atom. The Bertz CT molecular complexity index is 1010. The second-order valence-corrected chi connectivity index (χ2v) is 5.58. The maximum atomic E-state index is 11.5. The average molecular weight is 358 g/mol. The third kappa shape index (κ3) is 3.51. The minimum absolute atomic E-state index is 0.0361. The first-order chi connectivity index (χ1) is 12.0. The van der Waals surface area contributed by atoms with Crippen molar-refractivity contribution in [1.82, 2.24) is 9.97 Å². The fourth-order valence-electron chi connectivity index (χ4n) is 2.30.